The van der Waals surface area contributed by atoms with Crippen LogP contribution in [0.2, 0.25) is 5.02 Å². The summed E-state index contributed by atoms with van der Waals surface area (Å²) in [6, 6.07) is 5.74. The van der Waals surface area contributed by atoms with Crippen LogP contribution in [0.1, 0.15) is 12.5 Å². The zero-order valence-corrected chi connectivity index (χ0v) is 12.4. The fraction of sp³-hybridized carbons (Fsp3) is 0.462. The molecule has 0 bridgehead atoms. The van der Waals surface area contributed by atoms with Gasteiger partial charge in [0.25, 0.3) is 0 Å². The van der Waals surface area contributed by atoms with Gasteiger partial charge in [-0.2, -0.15) is 0 Å². The van der Waals surface area contributed by atoms with Gasteiger partial charge in [0.05, 0.1) is 5.92 Å². The van der Waals surface area contributed by atoms with Gasteiger partial charge in [0.2, 0.25) is 0 Å². The van der Waals surface area contributed by atoms with Crippen molar-refractivity contribution in [2.45, 2.75) is 13.5 Å². The zero-order valence-electron chi connectivity index (χ0n) is 10.1. The molecule has 2 rings (SSSR count). The van der Waals surface area contributed by atoms with Gasteiger partial charge in [-0.15, -0.1) is 0 Å². The van der Waals surface area contributed by atoms with Crippen LogP contribution in [0.15, 0.2) is 22.7 Å². The first-order valence-electron chi connectivity index (χ1n) is 5.86. The minimum Gasteiger partial charge on any atom is -0.481 e. The molecule has 1 N–H and O–H groups in total. The maximum Gasteiger partial charge on any atom is 0.308 e. The Morgan fingerprint density at radius 3 is 2.89 bits per heavy atom. The van der Waals surface area contributed by atoms with Crippen molar-refractivity contribution in [3.63, 3.8) is 0 Å². The van der Waals surface area contributed by atoms with Crippen molar-refractivity contribution in [1.29, 1.82) is 0 Å². The van der Waals surface area contributed by atoms with Crippen molar-refractivity contribution in [3.8, 4) is 0 Å². The molecule has 1 aromatic rings. The number of carboxylic acids is 1. The number of halogens is 2. The molecule has 98 valence electrons. The summed E-state index contributed by atoms with van der Waals surface area (Å²) in [4.78, 5) is 13.2. The molecule has 1 heterocycles. The number of carbonyl (C=O) groups is 1. The van der Waals surface area contributed by atoms with Gasteiger partial charge in [-0.25, -0.2) is 0 Å². The SMILES string of the molecule is CC1CN(Cc2cc(Br)ccc2Cl)CC1C(=O)O. The van der Waals surface area contributed by atoms with Crippen LogP contribution in [0.25, 0.3) is 0 Å². The van der Waals surface area contributed by atoms with E-state index in [9.17, 15) is 4.79 Å². The highest BCUT2D eigenvalue weighted by Gasteiger charge is 2.34. The Bertz CT molecular complexity index is 466. The van der Waals surface area contributed by atoms with E-state index >= 15 is 0 Å². The van der Waals surface area contributed by atoms with Gasteiger partial charge < -0.3 is 5.11 Å². The third kappa shape index (κ3) is 3.05. The van der Waals surface area contributed by atoms with Crippen LogP contribution in [0.5, 0.6) is 0 Å². The molecule has 0 saturated carbocycles. The van der Waals surface area contributed by atoms with Gasteiger partial charge in [0, 0.05) is 29.1 Å². The van der Waals surface area contributed by atoms with Gasteiger partial charge in [-0.3, -0.25) is 9.69 Å². The predicted octanol–water partition coefficient (Wildman–Crippen LogP) is 3.26. The highest BCUT2D eigenvalue weighted by molar-refractivity contribution is 9.10. The first-order chi connectivity index (χ1) is 8.47. The van der Waals surface area contributed by atoms with Gasteiger partial charge in [0.15, 0.2) is 0 Å². The second-order valence-corrected chi connectivity index (χ2v) is 6.17. The number of hydrogen-bond donors (Lipinski definition) is 1. The van der Waals surface area contributed by atoms with Crippen LogP contribution >= 0.6 is 27.5 Å². The van der Waals surface area contributed by atoms with E-state index in [2.05, 4.69) is 20.8 Å². The first kappa shape index (κ1) is 13.8. The molecule has 1 aliphatic rings. The molecular formula is C13H15BrClNO2. The Hall–Kier alpha value is -0.580. The summed E-state index contributed by atoms with van der Waals surface area (Å²) in [5, 5.41) is 9.83. The van der Waals surface area contributed by atoms with E-state index in [0.29, 0.717) is 13.1 Å². The Morgan fingerprint density at radius 1 is 1.56 bits per heavy atom. The molecule has 0 aromatic heterocycles. The van der Waals surface area contributed by atoms with E-state index in [1.807, 2.05) is 25.1 Å². The van der Waals surface area contributed by atoms with E-state index in [1.165, 1.54) is 0 Å². The quantitative estimate of drug-likeness (QED) is 0.923. The monoisotopic (exact) mass is 331 g/mol. The first-order valence-corrected chi connectivity index (χ1v) is 7.03. The van der Waals surface area contributed by atoms with E-state index < -0.39 is 5.97 Å². The molecule has 1 saturated heterocycles. The van der Waals surface area contributed by atoms with Crippen LogP contribution in [-0.2, 0) is 11.3 Å². The van der Waals surface area contributed by atoms with Crippen LogP contribution in [-0.4, -0.2) is 29.1 Å². The number of aliphatic carboxylic acids is 1. The summed E-state index contributed by atoms with van der Waals surface area (Å²) in [5.74, 6) is -0.783. The Kier molecular flexibility index (Phi) is 4.30. The van der Waals surface area contributed by atoms with Gasteiger partial charge in [-0.1, -0.05) is 34.5 Å². The van der Waals surface area contributed by atoms with Gasteiger partial charge in [-0.05, 0) is 29.7 Å². The fourth-order valence-corrected chi connectivity index (χ4v) is 3.01. The Morgan fingerprint density at radius 2 is 2.28 bits per heavy atom. The van der Waals surface area contributed by atoms with Gasteiger partial charge >= 0.3 is 5.97 Å². The van der Waals surface area contributed by atoms with Crippen LogP contribution in [0, 0.1) is 11.8 Å². The largest absolute Gasteiger partial charge is 0.481 e. The lowest BCUT2D eigenvalue weighted by molar-refractivity contribution is -0.142. The molecule has 0 radical (unpaired) electrons. The molecule has 0 spiro atoms. The maximum atomic E-state index is 11.1. The number of benzene rings is 1. The molecule has 5 heteroatoms. The van der Waals surface area contributed by atoms with E-state index in [0.717, 1.165) is 21.6 Å². The number of likely N-dealkylation sites (tertiary alicyclic amines) is 1. The molecule has 1 fully saturated rings. The van der Waals surface area contributed by atoms with Crippen molar-refractivity contribution < 1.29 is 9.90 Å². The normalized spacial score (nSPS) is 24.4. The average molecular weight is 333 g/mol. The minimum atomic E-state index is -0.703. The average Bonchev–Trinajstić information content (AvgIpc) is 2.65. The van der Waals surface area contributed by atoms with Crippen LogP contribution < -0.4 is 0 Å². The molecule has 2 unspecified atom stereocenters. The van der Waals surface area contributed by atoms with Crippen molar-refractivity contribution in [3.05, 3.63) is 33.3 Å². The summed E-state index contributed by atoms with van der Waals surface area (Å²) in [6.45, 7) is 4.09. The van der Waals surface area contributed by atoms with Crippen molar-refractivity contribution in [1.82, 2.24) is 4.90 Å². The van der Waals surface area contributed by atoms with Crippen LogP contribution in [0.4, 0.5) is 0 Å². The summed E-state index contributed by atoms with van der Waals surface area (Å²) in [7, 11) is 0. The molecule has 2 atom stereocenters. The van der Waals surface area contributed by atoms with E-state index in [1.54, 1.807) is 0 Å². The fourth-order valence-electron chi connectivity index (χ4n) is 2.42. The molecule has 0 aliphatic carbocycles. The molecule has 3 nitrogen and oxygen atoms in total. The van der Waals surface area contributed by atoms with Crippen molar-refractivity contribution in [2.24, 2.45) is 11.8 Å². The molecule has 0 amide bonds. The third-order valence-corrected chi connectivity index (χ3v) is 4.27. The number of carboxylic acid groups (broad SMARTS) is 1. The summed E-state index contributed by atoms with van der Waals surface area (Å²) in [5.41, 5.74) is 1.03. The standard InChI is InChI=1S/C13H15BrClNO2/c1-8-5-16(7-11(8)13(17)18)6-9-4-10(14)2-3-12(9)15/h2-4,8,11H,5-7H2,1H3,(H,17,18). The second kappa shape index (κ2) is 5.59. The molecule has 18 heavy (non-hydrogen) atoms. The molecular weight excluding hydrogens is 318 g/mol. The Labute approximate surface area is 120 Å². The maximum absolute atomic E-state index is 11.1. The number of hydrogen-bond acceptors (Lipinski definition) is 2. The van der Waals surface area contributed by atoms with Crippen molar-refractivity contribution in [2.75, 3.05) is 13.1 Å². The van der Waals surface area contributed by atoms with E-state index in [4.69, 9.17) is 16.7 Å². The zero-order chi connectivity index (χ0) is 13.3. The molecule has 1 aromatic carbocycles. The van der Waals surface area contributed by atoms with Crippen LogP contribution in [0.3, 0.4) is 0 Å². The minimum absolute atomic E-state index is 0.188. The third-order valence-electron chi connectivity index (χ3n) is 3.41. The Balaban J connectivity index is 2.07. The summed E-state index contributed by atoms with van der Waals surface area (Å²) in [6.07, 6.45) is 0. The topological polar surface area (TPSA) is 40.5 Å². The second-order valence-electron chi connectivity index (χ2n) is 4.85. The molecule has 1 aliphatic heterocycles. The number of nitrogens with zero attached hydrogens (tertiary/aromatic N) is 1. The van der Waals surface area contributed by atoms with Gasteiger partial charge in [0.1, 0.15) is 0 Å². The smallest absolute Gasteiger partial charge is 0.308 e. The summed E-state index contributed by atoms with van der Waals surface area (Å²) >= 11 is 9.57. The predicted molar refractivity (Wildman–Crippen MR) is 74.7 cm³/mol. The highest BCUT2D eigenvalue weighted by Crippen LogP contribution is 2.28. The lowest BCUT2D eigenvalue weighted by atomic mass is 9.99. The summed E-state index contributed by atoms with van der Waals surface area (Å²) < 4.78 is 0.990. The lowest BCUT2D eigenvalue weighted by Crippen LogP contribution is -2.23. The highest BCUT2D eigenvalue weighted by atomic mass is 79.9. The van der Waals surface area contributed by atoms with Crippen molar-refractivity contribution >= 4 is 33.5 Å². The number of rotatable bonds is 3. The lowest BCUT2D eigenvalue weighted by Gasteiger charge is -2.16. The van der Waals surface area contributed by atoms with E-state index in [-0.39, 0.29) is 11.8 Å².